The molecule has 0 unspecified atom stereocenters. The van der Waals surface area contributed by atoms with Crippen LogP contribution in [0.15, 0.2) is 115 Å². The van der Waals surface area contributed by atoms with E-state index < -0.39 is 0 Å². The standard InChI is InChI=1S/C32H19N3/c33-20-25-10-7-11-26(21-34)32(25)24-15-17-30-29(18-24)28-16-14-23(22-8-3-1-4-9-22)19-31(28)35(30)27-12-5-2-6-13-27/h1-19H. The molecule has 0 saturated carbocycles. The predicted molar refractivity (Wildman–Crippen MR) is 141 cm³/mol. The van der Waals surface area contributed by atoms with E-state index >= 15 is 0 Å². The first-order valence-corrected chi connectivity index (χ1v) is 11.4. The molecule has 5 aromatic carbocycles. The van der Waals surface area contributed by atoms with Gasteiger partial charge in [0.15, 0.2) is 0 Å². The average molecular weight is 446 g/mol. The summed E-state index contributed by atoms with van der Waals surface area (Å²) in [5.74, 6) is 0. The van der Waals surface area contributed by atoms with Gasteiger partial charge in [0.25, 0.3) is 0 Å². The summed E-state index contributed by atoms with van der Waals surface area (Å²) in [6, 6.07) is 43.3. The van der Waals surface area contributed by atoms with Crippen LogP contribution in [0, 0.1) is 22.7 Å². The Bertz CT molecular complexity index is 1770. The third-order valence-corrected chi connectivity index (χ3v) is 6.48. The monoisotopic (exact) mass is 445 g/mol. The molecular formula is C32H19N3. The maximum absolute atomic E-state index is 9.71. The van der Waals surface area contributed by atoms with E-state index in [2.05, 4.69) is 83.4 Å². The number of nitrogens with zero attached hydrogens (tertiary/aromatic N) is 3. The van der Waals surface area contributed by atoms with Gasteiger partial charge in [-0.2, -0.15) is 10.5 Å². The lowest BCUT2D eigenvalue weighted by Gasteiger charge is -2.10. The molecule has 0 saturated heterocycles. The highest BCUT2D eigenvalue weighted by molar-refractivity contribution is 6.11. The van der Waals surface area contributed by atoms with Crippen molar-refractivity contribution < 1.29 is 0 Å². The third kappa shape index (κ3) is 3.35. The van der Waals surface area contributed by atoms with Gasteiger partial charge in [-0.25, -0.2) is 0 Å². The van der Waals surface area contributed by atoms with E-state index in [9.17, 15) is 10.5 Å². The fourth-order valence-corrected chi connectivity index (χ4v) is 4.89. The number of para-hydroxylation sites is 1. The van der Waals surface area contributed by atoms with Gasteiger partial charge >= 0.3 is 0 Å². The minimum Gasteiger partial charge on any atom is -0.309 e. The van der Waals surface area contributed by atoms with Crippen LogP contribution in [0.1, 0.15) is 11.1 Å². The number of fused-ring (bicyclic) bond motifs is 3. The Morgan fingerprint density at radius 3 is 1.83 bits per heavy atom. The van der Waals surface area contributed by atoms with Crippen molar-refractivity contribution in [2.45, 2.75) is 0 Å². The van der Waals surface area contributed by atoms with Gasteiger partial charge in [0.05, 0.1) is 34.3 Å². The zero-order valence-corrected chi connectivity index (χ0v) is 18.8. The van der Waals surface area contributed by atoms with E-state index in [0.29, 0.717) is 16.7 Å². The highest BCUT2D eigenvalue weighted by Gasteiger charge is 2.17. The molecule has 0 aliphatic rings. The van der Waals surface area contributed by atoms with E-state index in [-0.39, 0.29) is 0 Å². The van der Waals surface area contributed by atoms with Crippen molar-refractivity contribution in [2.75, 3.05) is 0 Å². The summed E-state index contributed by atoms with van der Waals surface area (Å²) >= 11 is 0. The third-order valence-electron chi connectivity index (χ3n) is 6.48. The quantitative estimate of drug-likeness (QED) is 0.278. The summed E-state index contributed by atoms with van der Waals surface area (Å²) in [4.78, 5) is 0. The molecule has 3 heteroatoms. The maximum Gasteiger partial charge on any atom is 0.0998 e. The molecule has 6 rings (SSSR count). The summed E-state index contributed by atoms with van der Waals surface area (Å²) in [5.41, 5.74) is 8.14. The van der Waals surface area contributed by atoms with E-state index in [1.165, 1.54) is 5.56 Å². The van der Waals surface area contributed by atoms with Gasteiger partial charge in [0.1, 0.15) is 0 Å². The lowest BCUT2D eigenvalue weighted by molar-refractivity contribution is 1.18. The fraction of sp³-hybridized carbons (Fsp3) is 0. The summed E-state index contributed by atoms with van der Waals surface area (Å²) in [6.07, 6.45) is 0. The van der Waals surface area contributed by atoms with Crippen molar-refractivity contribution in [1.29, 1.82) is 10.5 Å². The first-order chi connectivity index (χ1) is 17.3. The highest BCUT2D eigenvalue weighted by Crippen LogP contribution is 2.38. The normalized spacial score (nSPS) is 10.8. The van der Waals surface area contributed by atoms with Gasteiger partial charge in [-0.3, -0.25) is 0 Å². The molecule has 0 radical (unpaired) electrons. The van der Waals surface area contributed by atoms with E-state index in [0.717, 1.165) is 38.6 Å². The molecule has 162 valence electrons. The molecule has 1 heterocycles. The lowest BCUT2D eigenvalue weighted by atomic mass is 9.94. The average Bonchev–Trinajstić information content (AvgIpc) is 3.26. The van der Waals surface area contributed by atoms with Crippen LogP contribution in [-0.4, -0.2) is 4.57 Å². The van der Waals surface area contributed by atoms with E-state index in [4.69, 9.17) is 0 Å². The zero-order chi connectivity index (χ0) is 23.8. The second-order valence-corrected chi connectivity index (χ2v) is 8.45. The van der Waals surface area contributed by atoms with Crippen LogP contribution < -0.4 is 0 Å². The molecule has 0 amide bonds. The van der Waals surface area contributed by atoms with Crippen LogP contribution in [0.3, 0.4) is 0 Å². The van der Waals surface area contributed by atoms with Crippen LogP contribution in [0.5, 0.6) is 0 Å². The van der Waals surface area contributed by atoms with Gasteiger partial charge in [0.2, 0.25) is 0 Å². The summed E-state index contributed by atoms with van der Waals surface area (Å²) in [7, 11) is 0. The first-order valence-electron chi connectivity index (χ1n) is 11.4. The Hall–Kier alpha value is -5.12. The second-order valence-electron chi connectivity index (χ2n) is 8.45. The van der Waals surface area contributed by atoms with Crippen molar-refractivity contribution in [3.8, 4) is 40.1 Å². The van der Waals surface area contributed by atoms with Gasteiger partial charge in [-0.15, -0.1) is 0 Å². The number of aromatic nitrogens is 1. The van der Waals surface area contributed by atoms with Crippen LogP contribution in [0.2, 0.25) is 0 Å². The highest BCUT2D eigenvalue weighted by atomic mass is 15.0. The van der Waals surface area contributed by atoms with Gasteiger partial charge in [0, 0.05) is 22.0 Å². The lowest BCUT2D eigenvalue weighted by Crippen LogP contribution is -1.94. The molecule has 35 heavy (non-hydrogen) atoms. The molecule has 0 spiro atoms. The van der Waals surface area contributed by atoms with Crippen molar-refractivity contribution >= 4 is 21.8 Å². The predicted octanol–water partition coefficient (Wildman–Crippen LogP) is 7.86. The Morgan fingerprint density at radius 2 is 1.14 bits per heavy atom. The fourth-order valence-electron chi connectivity index (χ4n) is 4.89. The molecule has 6 aromatic rings. The molecule has 3 nitrogen and oxygen atoms in total. The number of hydrogen-bond acceptors (Lipinski definition) is 2. The Balaban J connectivity index is 1.68. The van der Waals surface area contributed by atoms with Crippen molar-refractivity contribution in [3.05, 3.63) is 126 Å². The molecule has 1 aromatic heterocycles. The first kappa shape index (κ1) is 20.5. The minimum atomic E-state index is 0.501. The summed E-state index contributed by atoms with van der Waals surface area (Å²) in [5, 5.41) is 21.6. The van der Waals surface area contributed by atoms with Gasteiger partial charge in [-0.05, 0) is 59.2 Å². The van der Waals surface area contributed by atoms with E-state index in [1.54, 1.807) is 18.2 Å². The SMILES string of the molecule is N#Cc1cccc(C#N)c1-c1ccc2c(c1)c1ccc(-c3ccccc3)cc1n2-c1ccccc1. The molecule has 0 N–H and O–H groups in total. The summed E-state index contributed by atoms with van der Waals surface area (Å²) in [6.45, 7) is 0. The Labute approximate surface area is 203 Å². The van der Waals surface area contributed by atoms with Gasteiger partial charge in [-0.1, -0.05) is 72.8 Å². The van der Waals surface area contributed by atoms with Gasteiger partial charge < -0.3 is 4.57 Å². The molecule has 0 aliphatic carbocycles. The van der Waals surface area contributed by atoms with Crippen LogP contribution in [0.4, 0.5) is 0 Å². The Kier molecular flexibility index (Phi) is 4.88. The number of rotatable bonds is 3. The second kappa shape index (κ2) is 8.34. The van der Waals surface area contributed by atoms with Crippen LogP contribution in [-0.2, 0) is 0 Å². The largest absolute Gasteiger partial charge is 0.309 e. The van der Waals surface area contributed by atoms with Crippen LogP contribution in [0.25, 0.3) is 49.7 Å². The van der Waals surface area contributed by atoms with Crippen LogP contribution >= 0.6 is 0 Å². The van der Waals surface area contributed by atoms with E-state index in [1.807, 2.05) is 30.3 Å². The Morgan fingerprint density at radius 1 is 0.486 bits per heavy atom. The number of hydrogen-bond donors (Lipinski definition) is 0. The number of nitriles is 2. The molecular weight excluding hydrogens is 426 g/mol. The number of benzene rings is 5. The zero-order valence-electron chi connectivity index (χ0n) is 18.8. The minimum absolute atomic E-state index is 0.501. The maximum atomic E-state index is 9.71. The van der Waals surface area contributed by atoms with Crippen molar-refractivity contribution in [2.24, 2.45) is 0 Å². The smallest absolute Gasteiger partial charge is 0.0998 e. The molecule has 0 fully saturated rings. The van der Waals surface area contributed by atoms with Crippen molar-refractivity contribution in [1.82, 2.24) is 4.57 Å². The molecule has 0 bridgehead atoms. The topological polar surface area (TPSA) is 52.5 Å². The molecule has 0 atom stereocenters. The van der Waals surface area contributed by atoms with Crippen molar-refractivity contribution in [3.63, 3.8) is 0 Å². The summed E-state index contributed by atoms with van der Waals surface area (Å²) < 4.78 is 2.28. The molecule has 0 aliphatic heterocycles.